The Morgan fingerprint density at radius 2 is 1.65 bits per heavy atom. The van der Waals surface area contributed by atoms with Crippen LogP contribution in [0.4, 0.5) is 28.9 Å². The van der Waals surface area contributed by atoms with Crippen LogP contribution in [0.5, 0.6) is 0 Å². The minimum atomic E-state index is -4.47. The van der Waals surface area contributed by atoms with Gasteiger partial charge in [-0.15, -0.1) is 0 Å². The molecule has 5 rings (SSSR count). The van der Waals surface area contributed by atoms with Gasteiger partial charge in [0.1, 0.15) is 18.6 Å². The van der Waals surface area contributed by atoms with Crippen LogP contribution in [0.1, 0.15) is 44.4 Å². The molecule has 0 fully saturated rings. The van der Waals surface area contributed by atoms with E-state index in [1.54, 1.807) is 44.0 Å². The number of Topliss-reactive ketones (excluding diaryl/α,β-unsaturated/α-hetero) is 1. The van der Waals surface area contributed by atoms with Crippen molar-refractivity contribution in [1.82, 2.24) is 0 Å². The van der Waals surface area contributed by atoms with E-state index in [1.165, 1.54) is 18.2 Å². The molecule has 0 saturated heterocycles. The van der Waals surface area contributed by atoms with Crippen LogP contribution < -0.4 is 4.90 Å². The second kappa shape index (κ2) is 7.66. The van der Waals surface area contributed by atoms with Crippen molar-refractivity contribution in [3.05, 3.63) is 93.7 Å². The summed E-state index contributed by atoms with van der Waals surface area (Å²) >= 11 is 0. The van der Waals surface area contributed by atoms with Gasteiger partial charge in [0, 0.05) is 41.6 Å². The molecule has 1 aliphatic carbocycles. The van der Waals surface area contributed by atoms with E-state index in [0.29, 0.717) is 16.9 Å². The second-order valence-corrected chi connectivity index (χ2v) is 10.8. The summed E-state index contributed by atoms with van der Waals surface area (Å²) in [5.41, 5.74) is 2.14. The van der Waals surface area contributed by atoms with Crippen molar-refractivity contribution < 1.29 is 32.0 Å². The lowest BCUT2D eigenvalue weighted by atomic mass is 9.77. The summed E-state index contributed by atoms with van der Waals surface area (Å²) in [6.45, 7) is 7.44. The monoisotopic (exact) mass is 511 g/mol. The SMILES string of the molecule is CN1/C(=C\C2=C(O)C(=C\C3=[N+](C)c4ccc(F)cc4C3(C)C)/C2=O)C(C)(C)c2cc(C(F)(F)F)ccc21. The van der Waals surface area contributed by atoms with Crippen molar-refractivity contribution in [3.63, 3.8) is 0 Å². The fraction of sp³-hybridized carbons (Fsp3) is 0.310. The lowest BCUT2D eigenvalue weighted by Crippen LogP contribution is -2.31. The van der Waals surface area contributed by atoms with Gasteiger partial charge in [-0.25, -0.2) is 4.39 Å². The molecular formula is C29H27F4N2O2+. The summed E-state index contributed by atoms with van der Waals surface area (Å²) in [5.74, 6) is -0.885. The van der Waals surface area contributed by atoms with Gasteiger partial charge in [-0.1, -0.05) is 13.8 Å². The Morgan fingerprint density at radius 3 is 2.27 bits per heavy atom. The zero-order chi connectivity index (χ0) is 27.2. The van der Waals surface area contributed by atoms with E-state index in [-0.39, 0.29) is 28.5 Å². The molecule has 1 N–H and O–H groups in total. The lowest BCUT2D eigenvalue weighted by Gasteiger charge is -2.27. The van der Waals surface area contributed by atoms with E-state index in [1.807, 2.05) is 25.5 Å². The molecule has 4 nitrogen and oxygen atoms in total. The van der Waals surface area contributed by atoms with Gasteiger partial charge in [0.05, 0.1) is 22.1 Å². The number of aliphatic hydroxyl groups is 1. The number of fused-ring (bicyclic) bond motifs is 2. The molecule has 8 heteroatoms. The highest BCUT2D eigenvalue weighted by molar-refractivity contribution is 6.24. The summed E-state index contributed by atoms with van der Waals surface area (Å²) in [6, 6.07) is 8.16. The van der Waals surface area contributed by atoms with Gasteiger partial charge in [0.15, 0.2) is 5.71 Å². The molecule has 0 amide bonds. The second-order valence-electron chi connectivity index (χ2n) is 10.8. The summed E-state index contributed by atoms with van der Waals surface area (Å²) < 4.78 is 55.8. The van der Waals surface area contributed by atoms with Crippen LogP contribution in [-0.2, 0) is 21.8 Å². The largest absolute Gasteiger partial charge is 0.506 e. The number of alkyl halides is 3. The van der Waals surface area contributed by atoms with E-state index in [9.17, 15) is 27.5 Å². The topological polar surface area (TPSA) is 43.5 Å². The number of carbonyl (C=O) groups excluding carboxylic acids is 1. The molecule has 2 heterocycles. The minimum absolute atomic E-state index is 0.104. The van der Waals surface area contributed by atoms with E-state index in [2.05, 4.69) is 0 Å². The van der Waals surface area contributed by atoms with Gasteiger partial charge in [0.25, 0.3) is 0 Å². The molecule has 2 aromatic carbocycles. The minimum Gasteiger partial charge on any atom is -0.506 e. The van der Waals surface area contributed by atoms with Crippen molar-refractivity contribution in [2.24, 2.45) is 0 Å². The van der Waals surface area contributed by atoms with Crippen LogP contribution in [0, 0.1) is 5.82 Å². The van der Waals surface area contributed by atoms with E-state index in [4.69, 9.17) is 0 Å². The smallest absolute Gasteiger partial charge is 0.416 e. The molecule has 2 aliphatic heterocycles. The van der Waals surface area contributed by atoms with Crippen molar-refractivity contribution in [2.75, 3.05) is 19.0 Å². The number of halogens is 4. The van der Waals surface area contributed by atoms with Gasteiger partial charge >= 0.3 is 6.18 Å². The average molecular weight is 512 g/mol. The molecular weight excluding hydrogens is 484 g/mol. The number of hydrogen-bond donors (Lipinski definition) is 1. The Hall–Kier alpha value is -3.68. The van der Waals surface area contributed by atoms with Gasteiger partial charge < -0.3 is 10.0 Å². The maximum absolute atomic E-state index is 13.9. The van der Waals surface area contributed by atoms with E-state index in [0.717, 1.165) is 29.1 Å². The molecule has 0 unspecified atom stereocenters. The number of hydrogen-bond acceptors (Lipinski definition) is 3. The number of anilines is 1. The highest BCUT2D eigenvalue weighted by atomic mass is 19.4. The number of benzene rings is 2. The highest BCUT2D eigenvalue weighted by Gasteiger charge is 2.47. The summed E-state index contributed by atoms with van der Waals surface area (Å²) in [4.78, 5) is 14.9. The number of carbonyl (C=O) groups is 1. The number of likely N-dealkylation sites (N-methyl/N-ethyl adjacent to an activating group) is 1. The molecule has 0 atom stereocenters. The Bertz CT molecular complexity index is 1520. The number of rotatable bonds is 2. The Morgan fingerprint density at radius 1 is 0.973 bits per heavy atom. The first-order chi connectivity index (χ1) is 17.1. The third kappa shape index (κ3) is 3.49. The average Bonchev–Trinajstić information content (AvgIpc) is 3.12. The first-order valence-electron chi connectivity index (χ1n) is 11.9. The molecule has 0 spiro atoms. The lowest BCUT2D eigenvalue weighted by molar-refractivity contribution is -0.401. The van der Waals surface area contributed by atoms with Gasteiger partial charge in [-0.05, 0) is 55.8 Å². The third-order valence-electron chi connectivity index (χ3n) is 7.92. The molecule has 192 valence electrons. The summed E-state index contributed by atoms with van der Waals surface area (Å²) in [7, 11) is 3.56. The molecule has 2 aromatic rings. The predicted octanol–water partition coefficient (Wildman–Crippen LogP) is 6.48. The maximum atomic E-state index is 13.9. The Labute approximate surface area is 212 Å². The van der Waals surface area contributed by atoms with Crippen LogP contribution >= 0.6 is 0 Å². The molecule has 0 aromatic heterocycles. The number of allylic oxidation sites excluding steroid dienone is 5. The molecule has 0 radical (unpaired) electrons. The number of ketones is 1. The normalized spacial score (nSPS) is 22.2. The highest BCUT2D eigenvalue weighted by Crippen LogP contribution is 2.50. The zero-order valence-corrected chi connectivity index (χ0v) is 21.4. The third-order valence-corrected chi connectivity index (χ3v) is 7.92. The number of aliphatic hydroxyl groups excluding tert-OH is 1. The first-order valence-corrected chi connectivity index (χ1v) is 11.9. The molecule has 3 aliphatic rings. The quantitative estimate of drug-likeness (QED) is 0.285. The van der Waals surface area contributed by atoms with Gasteiger partial charge in [-0.2, -0.15) is 17.7 Å². The van der Waals surface area contributed by atoms with E-state index >= 15 is 0 Å². The summed E-state index contributed by atoms with van der Waals surface area (Å²) in [5, 5.41) is 10.9. The molecule has 37 heavy (non-hydrogen) atoms. The van der Waals surface area contributed by atoms with Gasteiger partial charge in [0.2, 0.25) is 11.5 Å². The van der Waals surface area contributed by atoms with Crippen LogP contribution in [0.15, 0.2) is 71.2 Å². The maximum Gasteiger partial charge on any atom is 0.416 e. The van der Waals surface area contributed by atoms with Gasteiger partial charge in [-0.3, -0.25) is 4.79 Å². The van der Waals surface area contributed by atoms with Crippen molar-refractivity contribution in [2.45, 2.75) is 44.7 Å². The summed E-state index contributed by atoms with van der Waals surface area (Å²) in [6.07, 6.45) is -1.28. The van der Waals surface area contributed by atoms with E-state index < -0.39 is 22.6 Å². The van der Waals surface area contributed by atoms with Crippen molar-refractivity contribution in [3.8, 4) is 0 Å². The Kier molecular flexibility index (Phi) is 5.18. The number of nitrogens with zero attached hydrogens (tertiary/aromatic N) is 2. The van der Waals surface area contributed by atoms with Crippen LogP contribution in [0.3, 0.4) is 0 Å². The molecule has 0 bridgehead atoms. The fourth-order valence-corrected chi connectivity index (χ4v) is 5.72. The predicted molar refractivity (Wildman–Crippen MR) is 134 cm³/mol. The Balaban J connectivity index is 1.54. The fourth-order valence-electron chi connectivity index (χ4n) is 5.72. The first kappa shape index (κ1) is 25.0. The molecule has 0 saturated carbocycles. The zero-order valence-electron chi connectivity index (χ0n) is 21.4. The van der Waals surface area contributed by atoms with Crippen LogP contribution in [0.2, 0.25) is 0 Å². The van der Waals surface area contributed by atoms with Crippen LogP contribution in [-0.4, -0.2) is 35.3 Å². The van der Waals surface area contributed by atoms with Crippen LogP contribution in [0.25, 0.3) is 0 Å². The standard InChI is InChI=1S/C29H26F4N2O2/c1-27(2)19-11-15(29(31,32)33)7-9-21(19)34(5)23(27)13-17-25(36)18(26(17)37)14-24-28(3,4)20-12-16(30)8-10-22(20)35(24)6/h7-14H,1-6H3/p+1. The van der Waals surface area contributed by atoms with Crippen molar-refractivity contribution >= 4 is 22.9 Å². The van der Waals surface area contributed by atoms with Crippen molar-refractivity contribution in [1.29, 1.82) is 0 Å².